The number of hydrogen-bond donors (Lipinski definition) is 2. The largest absolute Gasteiger partial charge is 0.368 e. The van der Waals surface area contributed by atoms with Crippen molar-refractivity contribution in [2.75, 3.05) is 36.4 Å². The lowest BCUT2D eigenvalue weighted by Gasteiger charge is -2.38. The predicted octanol–water partition coefficient (Wildman–Crippen LogP) is 3.46. The Morgan fingerprint density at radius 2 is 1.82 bits per heavy atom. The van der Waals surface area contributed by atoms with E-state index in [9.17, 15) is 4.79 Å². The van der Waals surface area contributed by atoms with Crippen LogP contribution in [-0.2, 0) is 5.66 Å². The molecule has 2 fully saturated rings. The van der Waals surface area contributed by atoms with Crippen LogP contribution in [0.25, 0.3) is 11.0 Å². The molecule has 1 saturated carbocycles. The fraction of sp³-hybridized carbons (Fsp3) is 0.520. The molecule has 178 valence electrons. The fourth-order valence-corrected chi connectivity index (χ4v) is 5.72. The number of carbonyl (C=O) groups excluding carboxylic acids is 1. The molecule has 6 rings (SSSR count). The lowest BCUT2D eigenvalue weighted by molar-refractivity contribution is 0.0881. The number of carbonyl (C=O) groups is 1. The van der Waals surface area contributed by atoms with Crippen molar-refractivity contribution in [3.05, 3.63) is 36.3 Å². The van der Waals surface area contributed by atoms with Gasteiger partial charge in [-0.05, 0) is 57.7 Å². The molecule has 9 nitrogen and oxygen atoms in total. The molecule has 3 aromatic rings. The van der Waals surface area contributed by atoms with Crippen molar-refractivity contribution in [2.24, 2.45) is 0 Å². The van der Waals surface area contributed by atoms with Crippen molar-refractivity contribution in [3.8, 4) is 0 Å². The fourth-order valence-electron chi connectivity index (χ4n) is 5.72. The first-order chi connectivity index (χ1) is 16.5. The molecular formula is C25H32N8O. The van der Waals surface area contributed by atoms with E-state index in [1.165, 1.54) is 6.42 Å². The van der Waals surface area contributed by atoms with Crippen molar-refractivity contribution in [1.82, 2.24) is 29.7 Å². The molecule has 0 aromatic carbocycles. The Labute approximate surface area is 199 Å². The number of anilines is 3. The van der Waals surface area contributed by atoms with E-state index in [-0.39, 0.29) is 11.6 Å². The van der Waals surface area contributed by atoms with Gasteiger partial charge in [-0.1, -0.05) is 6.42 Å². The molecule has 3 aliphatic rings. The topological polar surface area (TPSA) is 91.2 Å². The highest BCUT2D eigenvalue weighted by molar-refractivity contribution is 6.00. The summed E-state index contributed by atoms with van der Waals surface area (Å²) in [5, 5.41) is 7.39. The average Bonchev–Trinajstić information content (AvgIpc) is 3.36. The Hall–Kier alpha value is -3.20. The summed E-state index contributed by atoms with van der Waals surface area (Å²) < 4.78 is 2.12. The van der Waals surface area contributed by atoms with Gasteiger partial charge in [0.15, 0.2) is 0 Å². The van der Waals surface area contributed by atoms with Crippen LogP contribution in [0.3, 0.4) is 0 Å². The second-order valence-electron chi connectivity index (χ2n) is 10.0. The van der Waals surface area contributed by atoms with E-state index >= 15 is 0 Å². The Morgan fingerprint density at radius 1 is 1.03 bits per heavy atom. The summed E-state index contributed by atoms with van der Waals surface area (Å²) in [6, 6.07) is 6.58. The molecule has 2 aliphatic heterocycles. The van der Waals surface area contributed by atoms with Gasteiger partial charge in [-0.25, -0.2) is 9.97 Å². The molecule has 1 amide bonds. The van der Waals surface area contributed by atoms with Crippen molar-refractivity contribution in [2.45, 2.75) is 57.7 Å². The molecule has 0 atom stereocenters. The number of nitrogens with zero attached hydrogens (tertiary/aromatic N) is 6. The summed E-state index contributed by atoms with van der Waals surface area (Å²) in [4.78, 5) is 31.5. The van der Waals surface area contributed by atoms with Crippen LogP contribution in [0.5, 0.6) is 0 Å². The molecule has 1 spiro atoms. The molecule has 0 bridgehead atoms. The Balaban J connectivity index is 1.22. The van der Waals surface area contributed by atoms with Crippen LogP contribution >= 0.6 is 0 Å². The van der Waals surface area contributed by atoms with Crippen molar-refractivity contribution < 1.29 is 4.79 Å². The molecule has 5 heterocycles. The standard InChI is InChI=1S/C25H32N8O/c1-17(2)31-10-12-32(13-11-31)19-6-7-21(26-16-19)28-24-27-15-18-14-20-23(34)30-25(8-4-3-5-9-25)33(20)22(18)29-24/h6-7,14-17H,3-5,8-13H2,1-2H3,(H,30,34)(H,26,27,28,29). The summed E-state index contributed by atoms with van der Waals surface area (Å²) >= 11 is 0. The van der Waals surface area contributed by atoms with Crippen LogP contribution in [0, 0.1) is 0 Å². The molecular weight excluding hydrogens is 428 g/mol. The quantitative estimate of drug-likeness (QED) is 0.616. The molecule has 1 saturated heterocycles. The van der Waals surface area contributed by atoms with E-state index in [4.69, 9.17) is 4.98 Å². The lowest BCUT2D eigenvalue weighted by Crippen LogP contribution is -2.48. The van der Waals surface area contributed by atoms with Crippen molar-refractivity contribution >= 4 is 34.4 Å². The van der Waals surface area contributed by atoms with Gasteiger partial charge in [0.2, 0.25) is 5.95 Å². The number of aromatic nitrogens is 4. The van der Waals surface area contributed by atoms with Gasteiger partial charge in [-0.3, -0.25) is 14.3 Å². The summed E-state index contributed by atoms with van der Waals surface area (Å²) in [6.07, 6.45) is 9.02. The summed E-state index contributed by atoms with van der Waals surface area (Å²) in [6.45, 7) is 8.68. The number of hydrogen-bond acceptors (Lipinski definition) is 7. The van der Waals surface area contributed by atoms with E-state index in [1.807, 2.05) is 18.3 Å². The maximum atomic E-state index is 12.7. The van der Waals surface area contributed by atoms with Crippen LogP contribution in [0.4, 0.5) is 17.5 Å². The highest BCUT2D eigenvalue weighted by atomic mass is 16.2. The molecule has 0 radical (unpaired) electrons. The summed E-state index contributed by atoms with van der Waals surface area (Å²) in [7, 11) is 0. The van der Waals surface area contributed by atoms with Gasteiger partial charge in [0, 0.05) is 43.8 Å². The van der Waals surface area contributed by atoms with Crippen LogP contribution in [0.2, 0.25) is 0 Å². The van der Waals surface area contributed by atoms with Crippen LogP contribution in [0.15, 0.2) is 30.6 Å². The third-order valence-corrected chi connectivity index (χ3v) is 7.63. The van der Waals surface area contributed by atoms with E-state index in [0.717, 1.165) is 68.6 Å². The van der Waals surface area contributed by atoms with Gasteiger partial charge in [0.05, 0.1) is 11.9 Å². The van der Waals surface area contributed by atoms with Gasteiger partial charge in [0.25, 0.3) is 5.91 Å². The number of rotatable bonds is 4. The monoisotopic (exact) mass is 460 g/mol. The van der Waals surface area contributed by atoms with Crippen LogP contribution in [0.1, 0.15) is 56.4 Å². The van der Waals surface area contributed by atoms with Crippen LogP contribution < -0.4 is 15.5 Å². The number of nitrogens with one attached hydrogen (secondary N) is 2. The number of pyridine rings is 1. The summed E-state index contributed by atoms with van der Waals surface area (Å²) in [5.41, 5.74) is 2.27. The third kappa shape index (κ3) is 3.58. The first-order valence-corrected chi connectivity index (χ1v) is 12.5. The smallest absolute Gasteiger partial charge is 0.269 e. The SMILES string of the molecule is CC(C)N1CCN(c2ccc(Nc3ncc4cc5n(c4n3)C3(CCCCC3)NC5=O)nc2)CC1. The third-order valence-electron chi connectivity index (χ3n) is 7.63. The zero-order valence-electron chi connectivity index (χ0n) is 19.9. The zero-order chi connectivity index (χ0) is 23.3. The van der Waals surface area contributed by atoms with Gasteiger partial charge in [-0.2, -0.15) is 4.98 Å². The molecule has 0 unspecified atom stereocenters. The molecule has 1 aliphatic carbocycles. The molecule has 2 N–H and O–H groups in total. The van der Waals surface area contributed by atoms with Gasteiger partial charge >= 0.3 is 0 Å². The van der Waals surface area contributed by atoms with Gasteiger partial charge in [0.1, 0.15) is 22.8 Å². The number of piperazine rings is 1. The Kier molecular flexibility index (Phi) is 5.17. The van der Waals surface area contributed by atoms with Crippen molar-refractivity contribution in [1.29, 1.82) is 0 Å². The first-order valence-electron chi connectivity index (χ1n) is 12.5. The van der Waals surface area contributed by atoms with Crippen LogP contribution in [-0.4, -0.2) is 62.5 Å². The average molecular weight is 461 g/mol. The Bertz CT molecular complexity index is 1200. The normalized spacial score (nSPS) is 20.2. The van der Waals surface area contributed by atoms with Crippen molar-refractivity contribution in [3.63, 3.8) is 0 Å². The molecule has 9 heteroatoms. The highest BCUT2D eigenvalue weighted by Crippen LogP contribution is 2.40. The minimum absolute atomic E-state index is 0.0131. The minimum Gasteiger partial charge on any atom is -0.368 e. The Morgan fingerprint density at radius 3 is 2.53 bits per heavy atom. The van der Waals surface area contributed by atoms with Gasteiger partial charge in [-0.15, -0.1) is 0 Å². The zero-order valence-corrected chi connectivity index (χ0v) is 19.9. The maximum absolute atomic E-state index is 12.7. The number of fused-ring (bicyclic) bond motifs is 4. The highest BCUT2D eigenvalue weighted by Gasteiger charge is 2.44. The second-order valence-corrected chi connectivity index (χ2v) is 10.0. The second kappa shape index (κ2) is 8.23. The minimum atomic E-state index is -0.350. The lowest BCUT2D eigenvalue weighted by atomic mass is 9.89. The summed E-state index contributed by atoms with van der Waals surface area (Å²) in [5.74, 6) is 1.18. The first kappa shape index (κ1) is 21.3. The maximum Gasteiger partial charge on any atom is 0.269 e. The van der Waals surface area contributed by atoms with E-state index in [1.54, 1.807) is 6.20 Å². The van der Waals surface area contributed by atoms with E-state index < -0.39 is 0 Å². The molecule has 34 heavy (non-hydrogen) atoms. The van der Waals surface area contributed by atoms with E-state index in [0.29, 0.717) is 23.5 Å². The van der Waals surface area contributed by atoms with Gasteiger partial charge < -0.3 is 15.5 Å². The number of amides is 1. The molecule has 3 aromatic heterocycles. The van der Waals surface area contributed by atoms with E-state index in [2.05, 4.69) is 54.9 Å². The predicted molar refractivity (Wildman–Crippen MR) is 132 cm³/mol.